The molecule has 0 aliphatic carbocycles. The number of carbonyl (C=O) groups is 1. The quantitative estimate of drug-likeness (QED) is 0.778. The minimum Gasteiger partial charge on any atom is -0.380 e. The van der Waals surface area contributed by atoms with Gasteiger partial charge >= 0.3 is 0 Å². The topological polar surface area (TPSA) is 55.6 Å². The smallest absolute Gasteiger partial charge is 0.267 e. The summed E-state index contributed by atoms with van der Waals surface area (Å²) in [6, 6.07) is -1.31. The maximum Gasteiger partial charge on any atom is 0.267 e. The molecule has 1 saturated heterocycles. The van der Waals surface area contributed by atoms with E-state index in [0.717, 1.165) is 4.90 Å². The molecule has 0 unspecified atom stereocenters. The van der Waals surface area contributed by atoms with Gasteiger partial charge < -0.3 is 15.4 Å². The zero-order valence-corrected chi connectivity index (χ0v) is 9.58. The number of nitrogens with zero attached hydrogens (tertiary/aromatic N) is 1. The minimum absolute atomic E-state index is 0.143. The van der Waals surface area contributed by atoms with Gasteiger partial charge in [0.2, 0.25) is 5.91 Å². The molecule has 1 aliphatic rings. The summed E-state index contributed by atoms with van der Waals surface area (Å²) in [5, 5.41) is 0. The van der Waals surface area contributed by atoms with E-state index in [2.05, 4.69) is 0 Å². The molecule has 0 spiro atoms. The molecule has 0 aromatic carbocycles. The van der Waals surface area contributed by atoms with Crippen molar-refractivity contribution in [2.75, 3.05) is 19.8 Å². The van der Waals surface area contributed by atoms with Crippen molar-refractivity contribution >= 4 is 5.91 Å². The van der Waals surface area contributed by atoms with Gasteiger partial charge in [0.1, 0.15) is 0 Å². The summed E-state index contributed by atoms with van der Waals surface area (Å²) in [5.41, 5.74) is 5.42. The van der Waals surface area contributed by atoms with Crippen molar-refractivity contribution in [2.45, 2.75) is 38.3 Å². The Hall–Kier alpha value is -0.750. The van der Waals surface area contributed by atoms with Crippen molar-refractivity contribution in [1.82, 2.24) is 4.90 Å². The lowest BCUT2D eigenvalue weighted by molar-refractivity contribution is -0.135. The number of hydrogen-bond donors (Lipinski definition) is 1. The number of alkyl halides is 2. The molecule has 1 fully saturated rings. The number of hydrogen-bond acceptors (Lipinski definition) is 3. The summed E-state index contributed by atoms with van der Waals surface area (Å²) in [6.45, 7) is 3.32. The van der Waals surface area contributed by atoms with Crippen molar-refractivity contribution in [3.8, 4) is 0 Å². The van der Waals surface area contributed by atoms with E-state index in [1.807, 2.05) is 0 Å². The van der Waals surface area contributed by atoms with Crippen LogP contribution in [-0.4, -0.2) is 48.6 Å². The molecule has 6 heteroatoms. The third-order valence-electron chi connectivity index (χ3n) is 2.56. The summed E-state index contributed by atoms with van der Waals surface area (Å²) >= 11 is 0. The number of rotatable bonds is 4. The van der Waals surface area contributed by atoms with Gasteiger partial charge in [-0.2, -0.15) is 0 Å². The maximum atomic E-state index is 13.2. The molecule has 0 saturated carbocycles. The SMILES string of the molecule is CCOC[C@H]1CC(F)(F)CN1C(=O)[C@@H](C)N. The highest BCUT2D eigenvalue weighted by Crippen LogP contribution is 2.32. The number of halogens is 2. The van der Waals surface area contributed by atoms with Gasteiger partial charge in [-0.3, -0.25) is 4.79 Å². The highest BCUT2D eigenvalue weighted by molar-refractivity contribution is 5.82. The second-order valence-corrected chi connectivity index (χ2v) is 4.13. The number of carbonyl (C=O) groups excluding carboxylic acids is 1. The Morgan fingerprint density at radius 2 is 2.31 bits per heavy atom. The fourth-order valence-corrected chi connectivity index (χ4v) is 1.82. The Kier molecular flexibility index (Phi) is 4.21. The Balaban J connectivity index is 2.68. The van der Waals surface area contributed by atoms with E-state index < -0.39 is 30.5 Å². The fourth-order valence-electron chi connectivity index (χ4n) is 1.82. The number of ether oxygens (including phenoxy) is 1. The molecule has 1 rings (SSSR count). The van der Waals surface area contributed by atoms with Crippen LogP contribution in [-0.2, 0) is 9.53 Å². The van der Waals surface area contributed by atoms with E-state index in [-0.39, 0.29) is 13.0 Å². The molecule has 0 aromatic rings. The molecular weight excluding hydrogens is 218 g/mol. The molecule has 1 heterocycles. The van der Waals surface area contributed by atoms with Crippen LogP contribution in [0, 0.1) is 0 Å². The molecule has 1 aliphatic heterocycles. The average Bonchev–Trinajstić information content (AvgIpc) is 2.49. The second kappa shape index (κ2) is 5.05. The Morgan fingerprint density at radius 3 is 2.81 bits per heavy atom. The molecule has 4 nitrogen and oxygen atoms in total. The van der Waals surface area contributed by atoms with Crippen LogP contribution < -0.4 is 5.73 Å². The van der Waals surface area contributed by atoms with Crippen LogP contribution in [0.4, 0.5) is 8.78 Å². The largest absolute Gasteiger partial charge is 0.380 e. The van der Waals surface area contributed by atoms with E-state index in [9.17, 15) is 13.6 Å². The number of likely N-dealkylation sites (tertiary alicyclic amines) is 1. The summed E-state index contributed by atoms with van der Waals surface area (Å²) in [5.74, 6) is -3.27. The maximum absolute atomic E-state index is 13.2. The molecule has 2 N–H and O–H groups in total. The van der Waals surface area contributed by atoms with Crippen molar-refractivity contribution < 1.29 is 18.3 Å². The van der Waals surface area contributed by atoms with Gasteiger partial charge in [0.15, 0.2) is 0 Å². The normalized spacial score (nSPS) is 25.8. The average molecular weight is 236 g/mol. The van der Waals surface area contributed by atoms with Crippen molar-refractivity contribution in [2.24, 2.45) is 5.73 Å². The van der Waals surface area contributed by atoms with Gasteiger partial charge in [-0.25, -0.2) is 8.78 Å². The van der Waals surface area contributed by atoms with E-state index in [1.54, 1.807) is 6.92 Å². The van der Waals surface area contributed by atoms with E-state index >= 15 is 0 Å². The lowest BCUT2D eigenvalue weighted by Gasteiger charge is -2.25. The molecule has 2 atom stereocenters. The van der Waals surface area contributed by atoms with Crippen LogP contribution in [0.25, 0.3) is 0 Å². The van der Waals surface area contributed by atoms with Gasteiger partial charge in [0.05, 0.1) is 25.2 Å². The van der Waals surface area contributed by atoms with Crippen molar-refractivity contribution in [3.05, 3.63) is 0 Å². The predicted octanol–water partition coefficient (Wildman–Crippen LogP) is 0.606. The lowest BCUT2D eigenvalue weighted by Crippen LogP contribution is -2.46. The molecule has 0 aromatic heterocycles. The minimum atomic E-state index is -2.83. The number of nitrogens with two attached hydrogens (primary N) is 1. The summed E-state index contributed by atoms with van der Waals surface area (Å²) in [4.78, 5) is 12.8. The predicted molar refractivity (Wildman–Crippen MR) is 55.2 cm³/mol. The van der Waals surface area contributed by atoms with E-state index in [0.29, 0.717) is 6.61 Å². The molecule has 16 heavy (non-hydrogen) atoms. The fraction of sp³-hybridized carbons (Fsp3) is 0.900. The summed E-state index contributed by atoms with van der Waals surface area (Å²) in [7, 11) is 0. The van der Waals surface area contributed by atoms with Crippen LogP contribution in [0.5, 0.6) is 0 Å². The molecular formula is C10H18F2N2O2. The van der Waals surface area contributed by atoms with Crippen LogP contribution in [0.15, 0.2) is 0 Å². The molecule has 0 radical (unpaired) electrons. The number of amides is 1. The highest BCUT2D eigenvalue weighted by atomic mass is 19.3. The Bertz CT molecular complexity index is 259. The van der Waals surface area contributed by atoms with Gasteiger partial charge in [0.25, 0.3) is 5.92 Å². The summed E-state index contributed by atoms with van der Waals surface area (Å²) in [6.07, 6.45) is -0.342. The first-order valence-electron chi connectivity index (χ1n) is 5.39. The Morgan fingerprint density at radius 1 is 1.69 bits per heavy atom. The zero-order chi connectivity index (χ0) is 12.3. The van der Waals surface area contributed by atoms with Gasteiger partial charge in [-0.1, -0.05) is 0 Å². The van der Waals surface area contributed by atoms with Crippen molar-refractivity contribution in [3.63, 3.8) is 0 Å². The van der Waals surface area contributed by atoms with Crippen LogP contribution in [0.2, 0.25) is 0 Å². The standard InChI is InChI=1S/C10H18F2N2O2/c1-3-16-5-8-4-10(11,12)6-14(8)9(15)7(2)13/h7-8H,3-6,13H2,1-2H3/t7-,8-/m1/s1. The van der Waals surface area contributed by atoms with Crippen molar-refractivity contribution in [1.29, 1.82) is 0 Å². The van der Waals surface area contributed by atoms with Crippen LogP contribution in [0.1, 0.15) is 20.3 Å². The molecule has 0 bridgehead atoms. The molecule has 94 valence electrons. The van der Waals surface area contributed by atoms with Crippen LogP contribution >= 0.6 is 0 Å². The first-order valence-corrected chi connectivity index (χ1v) is 5.39. The first kappa shape index (κ1) is 13.3. The Labute approximate surface area is 93.7 Å². The monoisotopic (exact) mass is 236 g/mol. The third-order valence-corrected chi connectivity index (χ3v) is 2.56. The second-order valence-electron chi connectivity index (χ2n) is 4.13. The lowest BCUT2D eigenvalue weighted by atomic mass is 10.2. The first-order chi connectivity index (χ1) is 7.37. The zero-order valence-electron chi connectivity index (χ0n) is 9.58. The van der Waals surface area contributed by atoms with E-state index in [1.165, 1.54) is 6.92 Å². The van der Waals surface area contributed by atoms with Gasteiger partial charge in [0, 0.05) is 13.0 Å². The third kappa shape index (κ3) is 3.12. The summed E-state index contributed by atoms with van der Waals surface area (Å²) < 4.78 is 31.5. The van der Waals surface area contributed by atoms with E-state index in [4.69, 9.17) is 10.5 Å². The van der Waals surface area contributed by atoms with Gasteiger partial charge in [-0.15, -0.1) is 0 Å². The van der Waals surface area contributed by atoms with Crippen LogP contribution in [0.3, 0.4) is 0 Å². The highest BCUT2D eigenvalue weighted by Gasteiger charge is 2.47. The molecule has 1 amide bonds. The van der Waals surface area contributed by atoms with Gasteiger partial charge in [-0.05, 0) is 13.8 Å².